The number of ether oxygens (including phenoxy) is 1. The van der Waals surface area contributed by atoms with E-state index < -0.39 is 6.10 Å². The van der Waals surface area contributed by atoms with Gasteiger partial charge in [-0.15, -0.1) is 0 Å². The summed E-state index contributed by atoms with van der Waals surface area (Å²) in [6.07, 6.45) is -0.0696. The van der Waals surface area contributed by atoms with Crippen LogP contribution in [-0.4, -0.2) is 25.1 Å². The van der Waals surface area contributed by atoms with Crippen molar-refractivity contribution in [2.45, 2.75) is 39.8 Å². The van der Waals surface area contributed by atoms with E-state index in [1.807, 2.05) is 19.1 Å². The van der Waals surface area contributed by atoms with Crippen molar-refractivity contribution in [2.24, 2.45) is 0 Å². The van der Waals surface area contributed by atoms with Crippen LogP contribution in [0.25, 0.3) is 0 Å². The lowest BCUT2D eigenvalue weighted by atomic mass is 10.2. The molecule has 0 aliphatic rings. The van der Waals surface area contributed by atoms with Crippen molar-refractivity contribution in [3.05, 3.63) is 59.9 Å². The number of hydrogen-bond donors (Lipinski definition) is 1. The Bertz CT molecular complexity index is 682. The first kappa shape index (κ1) is 19.8. The average Bonchev–Trinajstić information content (AvgIpc) is 2.67. The van der Waals surface area contributed by atoms with Crippen LogP contribution in [0.5, 0.6) is 5.75 Å². The molecule has 26 heavy (non-hydrogen) atoms. The SMILES string of the molecule is CC[C@@H](Oc1ccc(F)cc1)C(=O)NCc1ccc(N(CC)CC)cc1. The Hall–Kier alpha value is -2.56. The van der Waals surface area contributed by atoms with Gasteiger partial charge in [-0.05, 0) is 62.2 Å². The van der Waals surface area contributed by atoms with Crippen LogP contribution in [0, 0.1) is 5.82 Å². The van der Waals surface area contributed by atoms with E-state index in [-0.39, 0.29) is 11.7 Å². The van der Waals surface area contributed by atoms with E-state index in [1.54, 1.807) is 0 Å². The van der Waals surface area contributed by atoms with Crippen molar-refractivity contribution >= 4 is 11.6 Å². The highest BCUT2D eigenvalue weighted by Crippen LogP contribution is 2.16. The standard InChI is InChI=1S/C21H27FN2O2/c1-4-20(26-19-13-9-17(22)10-14-19)21(25)23-15-16-7-11-18(12-8-16)24(5-2)6-3/h7-14,20H,4-6,15H2,1-3H3,(H,23,25)/t20-/m1/s1. The maximum Gasteiger partial charge on any atom is 0.261 e. The van der Waals surface area contributed by atoms with Crippen LogP contribution in [0.15, 0.2) is 48.5 Å². The number of amides is 1. The Morgan fingerprint density at radius 1 is 1.04 bits per heavy atom. The van der Waals surface area contributed by atoms with E-state index in [4.69, 9.17) is 4.74 Å². The Morgan fingerprint density at radius 2 is 1.65 bits per heavy atom. The van der Waals surface area contributed by atoms with Crippen LogP contribution in [-0.2, 0) is 11.3 Å². The molecule has 140 valence electrons. The van der Waals surface area contributed by atoms with Gasteiger partial charge >= 0.3 is 0 Å². The van der Waals surface area contributed by atoms with Crippen molar-refractivity contribution < 1.29 is 13.9 Å². The molecule has 5 heteroatoms. The third-order valence-electron chi connectivity index (χ3n) is 4.29. The van der Waals surface area contributed by atoms with E-state index in [0.717, 1.165) is 18.7 Å². The number of anilines is 1. The molecule has 0 spiro atoms. The van der Waals surface area contributed by atoms with Gasteiger partial charge < -0.3 is 15.0 Å². The number of hydrogen-bond acceptors (Lipinski definition) is 3. The van der Waals surface area contributed by atoms with Gasteiger partial charge in [0.15, 0.2) is 6.10 Å². The predicted molar refractivity (Wildman–Crippen MR) is 103 cm³/mol. The van der Waals surface area contributed by atoms with Crippen LogP contribution in [0.1, 0.15) is 32.8 Å². The van der Waals surface area contributed by atoms with E-state index in [2.05, 4.69) is 36.2 Å². The van der Waals surface area contributed by atoms with Crippen LogP contribution in [0.4, 0.5) is 10.1 Å². The smallest absolute Gasteiger partial charge is 0.261 e. The molecule has 0 saturated carbocycles. The molecule has 1 amide bonds. The van der Waals surface area contributed by atoms with Gasteiger partial charge in [-0.1, -0.05) is 19.1 Å². The molecular formula is C21H27FN2O2. The lowest BCUT2D eigenvalue weighted by Gasteiger charge is -2.21. The van der Waals surface area contributed by atoms with Crippen LogP contribution >= 0.6 is 0 Å². The fraction of sp³-hybridized carbons (Fsp3) is 0.381. The summed E-state index contributed by atoms with van der Waals surface area (Å²) < 4.78 is 18.6. The molecule has 2 aromatic carbocycles. The summed E-state index contributed by atoms with van der Waals surface area (Å²) in [5.74, 6) is -0.0235. The highest BCUT2D eigenvalue weighted by molar-refractivity contribution is 5.81. The van der Waals surface area contributed by atoms with E-state index in [9.17, 15) is 9.18 Å². The molecule has 0 heterocycles. The molecule has 0 fully saturated rings. The van der Waals surface area contributed by atoms with Gasteiger partial charge in [-0.3, -0.25) is 4.79 Å². The fourth-order valence-corrected chi connectivity index (χ4v) is 2.72. The zero-order valence-corrected chi connectivity index (χ0v) is 15.7. The number of benzene rings is 2. The molecule has 1 N–H and O–H groups in total. The van der Waals surface area contributed by atoms with Crippen LogP contribution in [0.3, 0.4) is 0 Å². The summed E-state index contributed by atoms with van der Waals surface area (Å²) in [7, 11) is 0. The summed E-state index contributed by atoms with van der Waals surface area (Å²) in [5, 5.41) is 2.91. The molecule has 0 unspecified atom stereocenters. The van der Waals surface area contributed by atoms with E-state index in [1.165, 1.54) is 30.0 Å². The quantitative estimate of drug-likeness (QED) is 0.732. The topological polar surface area (TPSA) is 41.6 Å². The van der Waals surface area contributed by atoms with Gasteiger partial charge in [0.1, 0.15) is 11.6 Å². The minimum atomic E-state index is -0.601. The summed E-state index contributed by atoms with van der Waals surface area (Å²) in [5.41, 5.74) is 2.21. The van der Waals surface area contributed by atoms with Crippen molar-refractivity contribution in [2.75, 3.05) is 18.0 Å². The maximum absolute atomic E-state index is 13.0. The molecule has 0 bridgehead atoms. The number of carbonyl (C=O) groups is 1. The first-order valence-electron chi connectivity index (χ1n) is 9.11. The first-order chi connectivity index (χ1) is 12.6. The molecule has 1 atom stereocenters. The summed E-state index contributed by atoms with van der Waals surface area (Å²) in [6, 6.07) is 13.9. The second-order valence-electron chi connectivity index (χ2n) is 6.03. The molecule has 2 aromatic rings. The summed E-state index contributed by atoms with van der Waals surface area (Å²) in [4.78, 5) is 14.6. The molecule has 0 aliphatic carbocycles. The van der Waals surface area contributed by atoms with E-state index in [0.29, 0.717) is 18.7 Å². The Morgan fingerprint density at radius 3 is 2.19 bits per heavy atom. The molecular weight excluding hydrogens is 331 g/mol. The highest BCUT2D eigenvalue weighted by atomic mass is 19.1. The van der Waals surface area contributed by atoms with E-state index >= 15 is 0 Å². The molecule has 0 radical (unpaired) electrons. The molecule has 0 aromatic heterocycles. The van der Waals surface area contributed by atoms with Gasteiger partial charge in [-0.2, -0.15) is 0 Å². The molecule has 0 aliphatic heterocycles. The lowest BCUT2D eigenvalue weighted by molar-refractivity contribution is -0.128. The maximum atomic E-state index is 13.0. The van der Waals surface area contributed by atoms with Crippen molar-refractivity contribution in [3.63, 3.8) is 0 Å². The normalized spacial score (nSPS) is 11.7. The van der Waals surface area contributed by atoms with Gasteiger partial charge in [0.2, 0.25) is 0 Å². The van der Waals surface area contributed by atoms with Crippen molar-refractivity contribution in [1.82, 2.24) is 5.32 Å². The summed E-state index contributed by atoms with van der Waals surface area (Å²) >= 11 is 0. The second kappa shape index (κ2) is 9.80. The fourth-order valence-electron chi connectivity index (χ4n) is 2.72. The largest absolute Gasteiger partial charge is 0.481 e. The third-order valence-corrected chi connectivity index (χ3v) is 4.29. The highest BCUT2D eigenvalue weighted by Gasteiger charge is 2.18. The number of rotatable bonds is 9. The van der Waals surface area contributed by atoms with Gasteiger partial charge in [-0.25, -0.2) is 4.39 Å². The van der Waals surface area contributed by atoms with Crippen molar-refractivity contribution in [3.8, 4) is 5.75 Å². The number of halogens is 1. The number of nitrogens with one attached hydrogen (secondary N) is 1. The average molecular weight is 358 g/mol. The molecule has 4 nitrogen and oxygen atoms in total. The zero-order valence-electron chi connectivity index (χ0n) is 15.7. The Labute approximate surface area is 155 Å². The Kier molecular flexibility index (Phi) is 7.45. The number of carbonyl (C=O) groups excluding carboxylic acids is 1. The minimum absolute atomic E-state index is 0.176. The van der Waals surface area contributed by atoms with Crippen LogP contribution in [0.2, 0.25) is 0 Å². The van der Waals surface area contributed by atoms with Gasteiger partial charge in [0.05, 0.1) is 0 Å². The Balaban J connectivity index is 1.90. The summed E-state index contributed by atoms with van der Waals surface area (Å²) in [6.45, 7) is 8.51. The predicted octanol–water partition coefficient (Wildman–Crippen LogP) is 4.15. The monoisotopic (exact) mass is 358 g/mol. The van der Waals surface area contributed by atoms with Gasteiger partial charge in [0.25, 0.3) is 5.91 Å². The van der Waals surface area contributed by atoms with Crippen molar-refractivity contribution in [1.29, 1.82) is 0 Å². The first-order valence-corrected chi connectivity index (χ1v) is 9.11. The van der Waals surface area contributed by atoms with Gasteiger partial charge in [0, 0.05) is 25.3 Å². The molecule has 0 saturated heterocycles. The second-order valence-corrected chi connectivity index (χ2v) is 6.03. The third kappa shape index (κ3) is 5.48. The minimum Gasteiger partial charge on any atom is -0.481 e. The zero-order chi connectivity index (χ0) is 18.9. The number of nitrogens with zero attached hydrogens (tertiary/aromatic N) is 1. The van der Waals surface area contributed by atoms with Crippen LogP contribution < -0.4 is 15.0 Å². The molecule has 2 rings (SSSR count). The lowest BCUT2D eigenvalue weighted by Crippen LogP contribution is -2.37.